The van der Waals surface area contributed by atoms with Crippen LogP contribution in [0.1, 0.15) is 380 Å². The highest BCUT2D eigenvalue weighted by atomic mass is 16.7. The summed E-state index contributed by atoms with van der Waals surface area (Å²) in [5.74, 6) is -0.169. The van der Waals surface area contributed by atoms with Gasteiger partial charge in [0, 0.05) is 12.8 Å². The Morgan fingerprint density at radius 1 is 0.419 bits per heavy atom. The molecule has 11 nitrogen and oxygen atoms in total. The molecule has 1 rings (SSSR count). The maximum Gasteiger partial charge on any atom is 0.305 e. The van der Waals surface area contributed by atoms with Crippen LogP contribution in [0.2, 0.25) is 0 Å². The second-order valence-electron chi connectivity index (χ2n) is 26.4. The van der Waals surface area contributed by atoms with Gasteiger partial charge < -0.3 is 45.1 Å². The van der Waals surface area contributed by atoms with Crippen LogP contribution in [0.15, 0.2) is 24.3 Å². The molecule has 0 bridgehead atoms. The maximum atomic E-state index is 13.1. The zero-order valence-corrected chi connectivity index (χ0v) is 56.6. The molecule has 1 heterocycles. The maximum absolute atomic E-state index is 13.1. The molecule has 0 aromatic heterocycles. The normalized spacial score (nSPS) is 18.0. The first-order valence-electron chi connectivity index (χ1n) is 37.6. The Kier molecular flexibility index (Phi) is 61.8. The molecule has 6 N–H and O–H groups in total. The number of amides is 1. The van der Waals surface area contributed by atoms with Crippen LogP contribution in [0.5, 0.6) is 0 Å². The second-order valence-corrected chi connectivity index (χ2v) is 26.4. The van der Waals surface area contributed by atoms with Crippen LogP contribution in [-0.4, -0.2) is 100 Å². The third-order valence-electron chi connectivity index (χ3n) is 18.1. The van der Waals surface area contributed by atoms with Gasteiger partial charge in [-0.05, 0) is 44.9 Å². The number of hydrogen-bond acceptors (Lipinski definition) is 10. The molecule has 86 heavy (non-hydrogen) atoms. The van der Waals surface area contributed by atoms with Crippen LogP contribution in [0, 0.1) is 0 Å². The summed E-state index contributed by atoms with van der Waals surface area (Å²) in [6, 6.07) is -0.823. The molecule has 0 radical (unpaired) electrons. The molecule has 1 aliphatic rings. The van der Waals surface area contributed by atoms with Crippen LogP contribution in [0.25, 0.3) is 0 Å². The molecular formula is C75H143NO10. The quantitative estimate of drug-likeness (QED) is 0.0195. The van der Waals surface area contributed by atoms with Crippen LogP contribution >= 0.6 is 0 Å². The molecule has 0 spiro atoms. The van der Waals surface area contributed by atoms with Gasteiger partial charge in [0.2, 0.25) is 5.91 Å². The first-order chi connectivity index (χ1) is 42.2. The van der Waals surface area contributed by atoms with Crippen LogP contribution in [0.3, 0.4) is 0 Å². The van der Waals surface area contributed by atoms with Crippen molar-refractivity contribution in [1.82, 2.24) is 5.32 Å². The highest BCUT2D eigenvalue weighted by molar-refractivity contribution is 5.76. The summed E-state index contributed by atoms with van der Waals surface area (Å²) in [5, 5.41) is 54.4. The Bertz CT molecular complexity index is 1480. The summed E-state index contributed by atoms with van der Waals surface area (Å²) in [7, 11) is 0. The van der Waals surface area contributed by atoms with Crippen LogP contribution < -0.4 is 5.32 Å². The van der Waals surface area contributed by atoms with E-state index in [2.05, 4.69) is 31.3 Å². The van der Waals surface area contributed by atoms with Crippen molar-refractivity contribution in [2.75, 3.05) is 19.8 Å². The monoisotopic (exact) mass is 1220 g/mol. The minimum atomic E-state index is -1.57. The van der Waals surface area contributed by atoms with E-state index in [0.29, 0.717) is 19.4 Å². The zero-order chi connectivity index (χ0) is 62.3. The summed E-state index contributed by atoms with van der Waals surface area (Å²) in [5.41, 5.74) is 0. The number of ether oxygens (including phenoxy) is 3. The van der Waals surface area contributed by atoms with Gasteiger partial charge in [-0.2, -0.15) is 0 Å². The Labute approximate surface area is 531 Å². The number of unbranched alkanes of at least 4 members (excludes halogenated alkanes) is 51. The molecule has 7 atom stereocenters. The average Bonchev–Trinajstić information content (AvgIpc) is 3.61. The minimum absolute atomic E-state index is 0.0160. The first kappa shape index (κ1) is 82.2. The third-order valence-corrected chi connectivity index (χ3v) is 18.1. The van der Waals surface area contributed by atoms with E-state index in [1.54, 1.807) is 6.08 Å². The van der Waals surface area contributed by atoms with Gasteiger partial charge in [-0.1, -0.05) is 346 Å². The second kappa shape index (κ2) is 64.7. The molecule has 0 aromatic carbocycles. The van der Waals surface area contributed by atoms with E-state index in [9.17, 15) is 35.1 Å². The summed E-state index contributed by atoms with van der Waals surface area (Å²) >= 11 is 0. The Morgan fingerprint density at radius 3 is 1.15 bits per heavy atom. The molecule has 0 saturated carbocycles. The number of rotatable bonds is 67. The largest absolute Gasteiger partial charge is 0.466 e. The van der Waals surface area contributed by atoms with E-state index in [1.165, 1.54) is 302 Å². The molecule has 11 heteroatoms. The molecule has 0 aromatic rings. The number of esters is 1. The number of carbonyl (C=O) groups excluding carboxylic acids is 2. The van der Waals surface area contributed by atoms with E-state index in [0.717, 1.165) is 51.4 Å². The lowest BCUT2D eigenvalue weighted by atomic mass is 9.99. The molecule has 1 saturated heterocycles. The van der Waals surface area contributed by atoms with Crippen molar-refractivity contribution in [3.8, 4) is 0 Å². The van der Waals surface area contributed by atoms with Gasteiger partial charge in [0.25, 0.3) is 0 Å². The van der Waals surface area contributed by atoms with Crippen molar-refractivity contribution in [1.29, 1.82) is 0 Å². The number of aliphatic hydroxyl groups is 5. The van der Waals surface area contributed by atoms with Gasteiger partial charge in [0.05, 0.1) is 32.0 Å². The van der Waals surface area contributed by atoms with E-state index in [1.807, 2.05) is 6.08 Å². The predicted octanol–water partition coefficient (Wildman–Crippen LogP) is 19.6. The van der Waals surface area contributed by atoms with E-state index >= 15 is 0 Å². The number of carbonyl (C=O) groups is 2. The van der Waals surface area contributed by atoms with Crippen molar-refractivity contribution in [3.63, 3.8) is 0 Å². The predicted molar refractivity (Wildman–Crippen MR) is 361 cm³/mol. The molecule has 1 fully saturated rings. The van der Waals surface area contributed by atoms with Crippen LogP contribution in [0.4, 0.5) is 0 Å². The number of aliphatic hydroxyl groups excluding tert-OH is 5. The highest BCUT2D eigenvalue weighted by Gasteiger charge is 2.44. The van der Waals surface area contributed by atoms with Gasteiger partial charge in [-0.15, -0.1) is 0 Å². The van der Waals surface area contributed by atoms with Gasteiger partial charge >= 0.3 is 5.97 Å². The van der Waals surface area contributed by atoms with Gasteiger partial charge in [0.1, 0.15) is 24.4 Å². The van der Waals surface area contributed by atoms with E-state index < -0.39 is 49.5 Å². The number of nitrogens with one attached hydrogen (secondary N) is 1. The van der Waals surface area contributed by atoms with Gasteiger partial charge in [-0.3, -0.25) is 9.59 Å². The van der Waals surface area contributed by atoms with Gasteiger partial charge in [0.15, 0.2) is 6.29 Å². The smallest absolute Gasteiger partial charge is 0.305 e. The average molecular weight is 1220 g/mol. The van der Waals surface area contributed by atoms with Crippen molar-refractivity contribution in [2.24, 2.45) is 0 Å². The van der Waals surface area contributed by atoms with E-state index in [-0.39, 0.29) is 18.5 Å². The summed E-state index contributed by atoms with van der Waals surface area (Å²) in [6.45, 7) is 4.36. The standard InChI is InChI=1S/C75H143NO10/c1-3-5-7-9-11-13-15-42-45-49-53-57-61-68(78)67(66-85-75-74(83)73(82)72(81)69(65-77)86-75)76-70(79)62-58-54-50-46-43-39-37-35-33-31-29-27-25-23-21-19-17-16-18-20-22-24-26-28-30-32-34-36-38-40-44-48-52-56-60-64-84-71(80)63-59-55-51-47-41-14-12-10-8-6-4-2/h42,45,57,61,67-69,72-75,77-78,81-83H,3-41,43-44,46-56,58-60,62-66H2,1-2H3,(H,76,79)/b45-42+,61-57+. The zero-order valence-electron chi connectivity index (χ0n) is 56.6. The topological polar surface area (TPSA) is 175 Å². The fourth-order valence-electron chi connectivity index (χ4n) is 12.2. The lowest BCUT2D eigenvalue weighted by Crippen LogP contribution is -2.60. The first-order valence-corrected chi connectivity index (χ1v) is 37.6. The molecule has 1 aliphatic heterocycles. The fraction of sp³-hybridized carbons (Fsp3) is 0.920. The third kappa shape index (κ3) is 52.9. The summed E-state index contributed by atoms with van der Waals surface area (Å²) in [4.78, 5) is 25.1. The van der Waals surface area contributed by atoms with Crippen molar-refractivity contribution in [3.05, 3.63) is 24.3 Å². The molecular weight excluding hydrogens is 1070 g/mol. The Balaban J connectivity index is 1.91. The molecule has 7 unspecified atom stereocenters. The van der Waals surface area contributed by atoms with Crippen LogP contribution in [-0.2, 0) is 23.8 Å². The van der Waals surface area contributed by atoms with Crippen molar-refractivity contribution < 1.29 is 49.3 Å². The van der Waals surface area contributed by atoms with Crippen molar-refractivity contribution >= 4 is 11.9 Å². The SMILES string of the molecule is CCCCCCCC/C=C/CC/C=C/C(O)C(COC1OC(CO)C(O)C(O)C1O)NC(=O)CCCCCCCCCCCCCCCCCCCCCCCCCCCCCCCCCCCCCOC(=O)CCCCCCCCCCCCC. The number of hydrogen-bond donors (Lipinski definition) is 6. The van der Waals surface area contributed by atoms with Gasteiger partial charge in [-0.25, -0.2) is 0 Å². The summed E-state index contributed by atoms with van der Waals surface area (Å²) in [6.07, 6.45) is 72.0. The molecule has 1 amide bonds. The van der Waals surface area contributed by atoms with E-state index in [4.69, 9.17) is 14.2 Å². The lowest BCUT2D eigenvalue weighted by Gasteiger charge is -2.40. The molecule has 0 aliphatic carbocycles. The number of allylic oxidation sites excluding steroid dienone is 3. The lowest BCUT2D eigenvalue weighted by molar-refractivity contribution is -0.302. The van der Waals surface area contributed by atoms with Crippen molar-refractivity contribution in [2.45, 2.75) is 423 Å². The Morgan fingerprint density at radius 2 is 0.756 bits per heavy atom. The molecule has 508 valence electrons. The fourth-order valence-corrected chi connectivity index (χ4v) is 12.2. The highest BCUT2D eigenvalue weighted by Crippen LogP contribution is 2.24. The minimum Gasteiger partial charge on any atom is -0.466 e. The summed E-state index contributed by atoms with van der Waals surface area (Å²) < 4.78 is 16.7. The Hall–Kier alpha value is -1.86.